The Bertz CT molecular complexity index is 725. The smallest absolute Gasteiger partial charge is 0.132 e. The molecule has 0 aliphatic carbocycles. The molecule has 2 aromatic carbocycles. The lowest BCUT2D eigenvalue weighted by molar-refractivity contribution is 0.623. The fourth-order valence-electron chi connectivity index (χ4n) is 1.96. The van der Waals surface area contributed by atoms with Crippen molar-refractivity contribution in [1.82, 2.24) is 0 Å². The van der Waals surface area contributed by atoms with Gasteiger partial charge >= 0.3 is 0 Å². The molecule has 0 spiro atoms. The fraction of sp³-hybridized carbons (Fsp3) is 0.167. The van der Waals surface area contributed by atoms with Gasteiger partial charge in [0.2, 0.25) is 0 Å². The van der Waals surface area contributed by atoms with Crippen molar-refractivity contribution < 1.29 is 4.39 Å². The Balaban J connectivity index is 2.02. The van der Waals surface area contributed by atoms with E-state index in [0.29, 0.717) is 11.1 Å². The maximum atomic E-state index is 13.8. The molecule has 0 fully saturated rings. The van der Waals surface area contributed by atoms with E-state index in [9.17, 15) is 4.39 Å². The summed E-state index contributed by atoms with van der Waals surface area (Å²) in [5, 5.41) is 16.4. The topological polar surface area (TPSA) is 48.5 Å². The summed E-state index contributed by atoms with van der Waals surface area (Å²) < 4.78 is 13.8. The van der Waals surface area contributed by atoms with Crippen LogP contribution in [-0.2, 0) is 6.42 Å². The third-order valence-electron chi connectivity index (χ3n) is 3.11. The molecule has 0 saturated heterocycles. The molecule has 0 N–H and O–H groups in total. The summed E-state index contributed by atoms with van der Waals surface area (Å²) in [7, 11) is 0. The second kappa shape index (κ2) is 7.84. The standard InChI is InChI=1S/C18H16FN3/c1-2-3-14-8-9-17(18(19)10-14)13-22-21-12-16-6-4-15(11-20)5-7-16/h4-10,12-13H,2-3H2,1H3/b21-12+,22-13+. The summed E-state index contributed by atoms with van der Waals surface area (Å²) in [6, 6.07) is 14.2. The zero-order chi connectivity index (χ0) is 15.8. The minimum absolute atomic E-state index is 0.289. The quantitative estimate of drug-likeness (QED) is 0.604. The second-order valence-corrected chi connectivity index (χ2v) is 4.83. The van der Waals surface area contributed by atoms with Crippen molar-refractivity contribution in [3.8, 4) is 6.07 Å². The number of aryl methyl sites for hydroxylation is 1. The largest absolute Gasteiger partial charge is 0.206 e. The summed E-state index contributed by atoms with van der Waals surface area (Å²) in [5.41, 5.74) is 2.82. The molecule has 0 saturated carbocycles. The molecule has 0 radical (unpaired) electrons. The highest BCUT2D eigenvalue weighted by atomic mass is 19.1. The normalized spacial score (nSPS) is 11.1. The minimum atomic E-state index is -0.289. The molecular weight excluding hydrogens is 277 g/mol. The van der Waals surface area contributed by atoms with Crippen molar-refractivity contribution in [3.05, 3.63) is 70.5 Å². The van der Waals surface area contributed by atoms with Crippen LogP contribution >= 0.6 is 0 Å². The van der Waals surface area contributed by atoms with Crippen LogP contribution in [0.25, 0.3) is 0 Å². The summed E-state index contributed by atoms with van der Waals surface area (Å²) in [4.78, 5) is 0. The van der Waals surface area contributed by atoms with E-state index in [0.717, 1.165) is 24.0 Å². The molecule has 0 unspecified atom stereocenters. The van der Waals surface area contributed by atoms with Gasteiger partial charge in [0, 0.05) is 5.56 Å². The van der Waals surface area contributed by atoms with Crippen molar-refractivity contribution in [3.63, 3.8) is 0 Å². The van der Waals surface area contributed by atoms with Gasteiger partial charge in [-0.05, 0) is 35.7 Å². The van der Waals surface area contributed by atoms with Crippen molar-refractivity contribution in [2.45, 2.75) is 19.8 Å². The first kappa shape index (κ1) is 15.6. The monoisotopic (exact) mass is 293 g/mol. The Morgan fingerprint density at radius 2 is 1.82 bits per heavy atom. The molecule has 110 valence electrons. The van der Waals surface area contributed by atoms with Gasteiger partial charge in [-0.2, -0.15) is 15.5 Å². The van der Waals surface area contributed by atoms with Gasteiger partial charge in [-0.25, -0.2) is 4.39 Å². The Kier molecular flexibility index (Phi) is 5.56. The third-order valence-corrected chi connectivity index (χ3v) is 3.11. The van der Waals surface area contributed by atoms with E-state index >= 15 is 0 Å². The van der Waals surface area contributed by atoms with Gasteiger partial charge in [0.25, 0.3) is 0 Å². The maximum absolute atomic E-state index is 13.8. The molecular formula is C18H16FN3. The number of hydrogen-bond acceptors (Lipinski definition) is 3. The summed E-state index contributed by atoms with van der Waals surface area (Å²) in [6.45, 7) is 2.06. The summed E-state index contributed by atoms with van der Waals surface area (Å²) in [5.74, 6) is -0.289. The Morgan fingerprint density at radius 1 is 1.09 bits per heavy atom. The zero-order valence-electron chi connectivity index (χ0n) is 12.3. The Labute approximate surface area is 129 Å². The van der Waals surface area contributed by atoms with Gasteiger partial charge in [-0.3, -0.25) is 0 Å². The molecule has 0 aliphatic heterocycles. The molecule has 3 nitrogen and oxygen atoms in total. The number of nitrogens with zero attached hydrogens (tertiary/aromatic N) is 3. The number of benzene rings is 2. The van der Waals surface area contributed by atoms with E-state index in [1.807, 2.05) is 12.1 Å². The molecule has 0 aromatic heterocycles. The molecule has 0 heterocycles. The fourth-order valence-corrected chi connectivity index (χ4v) is 1.96. The lowest BCUT2D eigenvalue weighted by atomic mass is 10.1. The molecule has 22 heavy (non-hydrogen) atoms. The van der Waals surface area contributed by atoms with Gasteiger partial charge in [0.1, 0.15) is 5.82 Å². The average molecular weight is 293 g/mol. The Morgan fingerprint density at radius 3 is 2.45 bits per heavy atom. The molecule has 0 amide bonds. The first-order valence-electron chi connectivity index (χ1n) is 7.08. The third kappa shape index (κ3) is 4.35. The SMILES string of the molecule is CCCc1ccc(/C=N/N=C/c2ccc(C#N)cc2)c(F)c1. The van der Waals surface area contributed by atoms with Crippen molar-refractivity contribution in [1.29, 1.82) is 5.26 Å². The van der Waals surface area contributed by atoms with Crippen LogP contribution in [0.5, 0.6) is 0 Å². The van der Waals surface area contributed by atoms with E-state index in [1.165, 1.54) is 12.3 Å². The van der Waals surface area contributed by atoms with E-state index in [2.05, 4.69) is 17.1 Å². The predicted molar refractivity (Wildman–Crippen MR) is 86.7 cm³/mol. The number of rotatable bonds is 5. The number of nitriles is 1. The Hall–Kier alpha value is -2.80. The molecule has 2 aromatic rings. The molecule has 2 rings (SSSR count). The summed E-state index contributed by atoms with van der Waals surface area (Å²) in [6.07, 6.45) is 4.80. The van der Waals surface area contributed by atoms with Gasteiger partial charge in [0.05, 0.1) is 24.1 Å². The maximum Gasteiger partial charge on any atom is 0.132 e. The van der Waals surface area contributed by atoms with Crippen molar-refractivity contribution in [2.75, 3.05) is 0 Å². The van der Waals surface area contributed by atoms with Crippen LogP contribution in [0.2, 0.25) is 0 Å². The van der Waals surface area contributed by atoms with Crippen LogP contribution in [0.15, 0.2) is 52.7 Å². The minimum Gasteiger partial charge on any atom is -0.206 e. The molecule has 0 atom stereocenters. The highest BCUT2D eigenvalue weighted by molar-refractivity contribution is 5.83. The number of halogens is 1. The van der Waals surface area contributed by atoms with Gasteiger partial charge in [-0.1, -0.05) is 37.6 Å². The predicted octanol–water partition coefficient (Wildman–Crippen LogP) is 4.10. The van der Waals surface area contributed by atoms with Crippen LogP contribution < -0.4 is 0 Å². The van der Waals surface area contributed by atoms with Gasteiger partial charge in [0.15, 0.2) is 0 Å². The van der Waals surface area contributed by atoms with E-state index in [4.69, 9.17) is 5.26 Å². The van der Waals surface area contributed by atoms with Crippen molar-refractivity contribution >= 4 is 12.4 Å². The summed E-state index contributed by atoms with van der Waals surface area (Å²) >= 11 is 0. The lowest BCUT2D eigenvalue weighted by Gasteiger charge is -2.00. The molecule has 0 aliphatic rings. The van der Waals surface area contributed by atoms with Gasteiger partial charge < -0.3 is 0 Å². The van der Waals surface area contributed by atoms with Crippen LogP contribution in [0, 0.1) is 17.1 Å². The highest BCUT2D eigenvalue weighted by Gasteiger charge is 2.00. The van der Waals surface area contributed by atoms with Crippen LogP contribution in [-0.4, -0.2) is 12.4 Å². The van der Waals surface area contributed by atoms with Crippen LogP contribution in [0.3, 0.4) is 0 Å². The van der Waals surface area contributed by atoms with Crippen LogP contribution in [0.1, 0.15) is 35.6 Å². The highest BCUT2D eigenvalue weighted by Crippen LogP contribution is 2.10. The lowest BCUT2D eigenvalue weighted by Crippen LogP contribution is -1.91. The van der Waals surface area contributed by atoms with Crippen LogP contribution in [0.4, 0.5) is 4.39 Å². The van der Waals surface area contributed by atoms with E-state index in [1.54, 1.807) is 36.5 Å². The molecule has 4 heteroatoms. The first-order chi connectivity index (χ1) is 10.7. The average Bonchev–Trinajstić information content (AvgIpc) is 2.54. The molecule has 0 bridgehead atoms. The van der Waals surface area contributed by atoms with E-state index in [-0.39, 0.29) is 5.82 Å². The van der Waals surface area contributed by atoms with E-state index < -0.39 is 0 Å². The second-order valence-electron chi connectivity index (χ2n) is 4.83. The number of hydrogen-bond donors (Lipinski definition) is 0. The van der Waals surface area contributed by atoms with Crippen molar-refractivity contribution in [2.24, 2.45) is 10.2 Å². The van der Waals surface area contributed by atoms with Gasteiger partial charge in [-0.15, -0.1) is 0 Å². The zero-order valence-corrected chi connectivity index (χ0v) is 12.3. The first-order valence-corrected chi connectivity index (χ1v) is 7.08.